The molecule has 1 aromatic carbocycles. The van der Waals surface area contributed by atoms with E-state index in [9.17, 15) is 4.79 Å². The molecule has 1 aliphatic heterocycles. The van der Waals surface area contributed by atoms with Gasteiger partial charge in [0, 0.05) is 11.8 Å². The molecular formula is C10H8N2O2. The van der Waals surface area contributed by atoms with E-state index in [1.807, 2.05) is 6.08 Å². The van der Waals surface area contributed by atoms with Crippen LogP contribution >= 0.6 is 0 Å². The molecule has 0 atom stereocenters. The Balaban J connectivity index is 2.49. The number of rotatable bonds is 1. The Morgan fingerprint density at radius 3 is 3.07 bits per heavy atom. The minimum atomic E-state index is -0.925. The van der Waals surface area contributed by atoms with E-state index in [4.69, 9.17) is 5.11 Å². The number of nitrogens with zero attached hydrogens (tertiary/aromatic N) is 1. The summed E-state index contributed by atoms with van der Waals surface area (Å²) in [7, 11) is 0. The highest BCUT2D eigenvalue weighted by Gasteiger charge is 2.06. The molecule has 0 aromatic heterocycles. The number of carboxylic acid groups (broad SMARTS) is 1. The monoisotopic (exact) mass is 188 g/mol. The van der Waals surface area contributed by atoms with Gasteiger partial charge in [-0.25, -0.2) is 4.79 Å². The lowest BCUT2D eigenvalue weighted by Crippen LogP contribution is -1.98. The van der Waals surface area contributed by atoms with E-state index in [0.29, 0.717) is 0 Å². The zero-order chi connectivity index (χ0) is 9.97. The van der Waals surface area contributed by atoms with Crippen molar-refractivity contribution in [3.63, 3.8) is 0 Å². The van der Waals surface area contributed by atoms with Crippen LogP contribution in [-0.2, 0) is 0 Å². The quantitative estimate of drug-likeness (QED) is 0.706. The van der Waals surface area contributed by atoms with Crippen LogP contribution in [0.2, 0.25) is 0 Å². The van der Waals surface area contributed by atoms with Gasteiger partial charge in [-0.15, -0.1) is 0 Å². The molecule has 2 N–H and O–H groups in total. The van der Waals surface area contributed by atoms with Crippen LogP contribution in [0.1, 0.15) is 15.9 Å². The molecule has 0 radical (unpaired) electrons. The van der Waals surface area contributed by atoms with Crippen molar-refractivity contribution in [2.75, 3.05) is 5.43 Å². The summed E-state index contributed by atoms with van der Waals surface area (Å²) in [6.07, 6.45) is 5.18. The van der Waals surface area contributed by atoms with Crippen molar-refractivity contribution < 1.29 is 9.90 Å². The van der Waals surface area contributed by atoms with E-state index in [2.05, 4.69) is 10.5 Å². The summed E-state index contributed by atoms with van der Waals surface area (Å²) < 4.78 is 0. The highest BCUT2D eigenvalue weighted by molar-refractivity contribution is 5.91. The molecule has 0 saturated carbocycles. The first-order chi connectivity index (χ1) is 6.77. The number of carboxylic acids is 1. The Kier molecular flexibility index (Phi) is 2.02. The fourth-order valence-electron chi connectivity index (χ4n) is 1.23. The smallest absolute Gasteiger partial charge is 0.335 e. The number of benzene rings is 1. The Morgan fingerprint density at radius 1 is 1.43 bits per heavy atom. The van der Waals surface area contributed by atoms with Gasteiger partial charge in [0.15, 0.2) is 0 Å². The SMILES string of the molecule is O=C(O)c1ccc2c(c1)C=CC=NN2. The van der Waals surface area contributed by atoms with Crippen LogP contribution in [-0.4, -0.2) is 17.3 Å². The van der Waals surface area contributed by atoms with E-state index in [1.165, 1.54) is 0 Å². The largest absolute Gasteiger partial charge is 0.478 e. The first-order valence-electron chi connectivity index (χ1n) is 4.10. The Hall–Kier alpha value is -2.10. The van der Waals surface area contributed by atoms with Gasteiger partial charge in [-0.05, 0) is 24.3 Å². The van der Waals surface area contributed by atoms with Gasteiger partial charge in [0.2, 0.25) is 0 Å². The number of hydrogen-bond acceptors (Lipinski definition) is 3. The summed E-state index contributed by atoms with van der Waals surface area (Å²) in [5, 5.41) is 12.7. The van der Waals surface area contributed by atoms with Crippen molar-refractivity contribution in [3.05, 3.63) is 35.4 Å². The molecule has 14 heavy (non-hydrogen) atoms. The van der Waals surface area contributed by atoms with Crippen molar-refractivity contribution in [3.8, 4) is 0 Å². The lowest BCUT2D eigenvalue weighted by atomic mass is 10.1. The zero-order valence-corrected chi connectivity index (χ0v) is 7.27. The topological polar surface area (TPSA) is 61.7 Å². The first kappa shape index (κ1) is 8.50. The average molecular weight is 188 g/mol. The second kappa shape index (κ2) is 3.33. The molecule has 0 unspecified atom stereocenters. The van der Waals surface area contributed by atoms with Crippen molar-refractivity contribution in [1.29, 1.82) is 0 Å². The third kappa shape index (κ3) is 1.50. The lowest BCUT2D eigenvalue weighted by molar-refractivity contribution is 0.0697. The molecule has 0 bridgehead atoms. The number of aromatic carboxylic acids is 1. The van der Waals surface area contributed by atoms with Gasteiger partial charge in [-0.2, -0.15) is 5.10 Å². The third-order valence-corrected chi connectivity index (χ3v) is 1.92. The molecule has 0 saturated heterocycles. The molecule has 4 nitrogen and oxygen atoms in total. The van der Waals surface area contributed by atoms with Gasteiger partial charge in [-0.3, -0.25) is 5.43 Å². The normalized spacial score (nSPS) is 12.9. The second-order valence-electron chi connectivity index (χ2n) is 2.86. The van der Waals surface area contributed by atoms with Crippen LogP contribution in [0.15, 0.2) is 29.4 Å². The number of anilines is 1. The van der Waals surface area contributed by atoms with Gasteiger partial charge in [-0.1, -0.05) is 6.08 Å². The van der Waals surface area contributed by atoms with Gasteiger partial charge in [0.05, 0.1) is 11.3 Å². The minimum Gasteiger partial charge on any atom is -0.478 e. The molecule has 70 valence electrons. The number of hydrazone groups is 1. The minimum absolute atomic E-state index is 0.275. The van der Waals surface area contributed by atoms with E-state index in [0.717, 1.165) is 11.3 Å². The van der Waals surface area contributed by atoms with Gasteiger partial charge >= 0.3 is 5.97 Å². The van der Waals surface area contributed by atoms with E-state index in [1.54, 1.807) is 30.5 Å². The van der Waals surface area contributed by atoms with Gasteiger partial charge in [0.25, 0.3) is 0 Å². The molecule has 4 heteroatoms. The zero-order valence-electron chi connectivity index (χ0n) is 7.27. The highest BCUT2D eigenvalue weighted by atomic mass is 16.4. The molecule has 1 heterocycles. The maximum atomic E-state index is 10.7. The Labute approximate surface area is 80.6 Å². The van der Waals surface area contributed by atoms with E-state index >= 15 is 0 Å². The summed E-state index contributed by atoms with van der Waals surface area (Å²) >= 11 is 0. The van der Waals surface area contributed by atoms with Gasteiger partial charge in [0.1, 0.15) is 0 Å². The summed E-state index contributed by atoms with van der Waals surface area (Å²) in [5.74, 6) is -0.925. The number of carbonyl (C=O) groups is 1. The Morgan fingerprint density at radius 2 is 2.29 bits per heavy atom. The molecular weight excluding hydrogens is 180 g/mol. The maximum Gasteiger partial charge on any atom is 0.335 e. The summed E-state index contributed by atoms with van der Waals surface area (Å²) in [4.78, 5) is 10.7. The highest BCUT2D eigenvalue weighted by Crippen LogP contribution is 2.20. The van der Waals surface area contributed by atoms with Crippen molar-refractivity contribution >= 4 is 23.9 Å². The van der Waals surface area contributed by atoms with Crippen LogP contribution in [0, 0.1) is 0 Å². The maximum absolute atomic E-state index is 10.7. The fraction of sp³-hybridized carbons (Fsp3) is 0. The molecule has 0 amide bonds. The summed E-state index contributed by atoms with van der Waals surface area (Å²) in [5.41, 5.74) is 4.71. The van der Waals surface area contributed by atoms with E-state index < -0.39 is 5.97 Å². The number of hydrogen-bond donors (Lipinski definition) is 2. The van der Waals surface area contributed by atoms with Crippen molar-refractivity contribution in [2.24, 2.45) is 5.10 Å². The first-order valence-corrected chi connectivity index (χ1v) is 4.10. The molecule has 2 rings (SSSR count). The number of fused-ring (bicyclic) bond motifs is 1. The van der Waals surface area contributed by atoms with Gasteiger partial charge < -0.3 is 5.11 Å². The average Bonchev–Trinajstić information content (AvgIpc) is 2.41. The van der Waals surface area contributed by atoms with Crippen LogP contribution in [0.4, 0.5) is 5.69 Å². The second-order valence-corrected chi connectivity index (χ2v) is 2.86. The molecule has 0 spiro atoms. The molecule has 0 aliphatic carbocycles. The number of nitrogens with one attached hydrogen (secondary N) is 1. The predicted octanol–water partition coefficient (Wildman–Crippen LogP) is 1.81. The van der Waals surface area contributed by atoms with Crippen molar-refractivity contribution in [2.45, 2.75) is 0 Å². The summed E-state index contributed by atoms with van der Waals surface area (Å²) in [6, 6.07) is 4.85. The lowest BCUT2D eigenvalue weighted by Gasteiger charge is -2.04. The third-order valence-electron chi connectivity index (χ3n) is 1.92. The molecule has 1 aromatic rings. The fourth-order valence-corrected chi connectivity index (χ4v) is 1.23. The summed E-state index contributed by atoms with van der Waals surface area (Å²) in [6.45, 7) is 0. The van der Waals surface area contributed by atoms with Crippen LogP contribution in [0.5, 0.6) is 0 Å². The van der Waals surface area contributed by atoms with Crippen LogP contribution < -0.4 is 5.43 Å². The van der Waals surface area contributed by atoms with E-state index in [-0.39, 0.29) is 5.56 Å². The number of allylic oxidation sites excluding steroid dienone is 1. The predicted molar refractivity (Wildman–Crippen MR) is 54.6 cm³/mol. The van der Waals surface area contributed by atoms with Crippen molar-refractivity contribution in [1.82, 2.24) is 0 Å². The molecule has 0 fully saturated rings. The molecule has 1 aliphatic rings. The standard InChI is InChI=1S/C10H8N2O2/c13-10(14)8-3-4-9-7(6-8)2-1-5-11-12-9/h1-6,12H,(H,13,14). The van der Waals surface area contributed by atoms with Crippen LogP contribution in [0.25, 0.3) is 6.08 Å². The Bertz CT molecular complexity index is 436. The van der Waals surface area contributed by atoms with Crippen LogP contribution in [0.3, 0.4) is 0 Å².